The molecule has 1 aliphatic heterocycles. The van der Waals surface area contributed by atoms with E-state index in [1.807, 2.05) is 12.1 Å². The lowest BCUT2D eigenvalue weighted by Gasteiger charge is -2.19. The molecule has 0 atom stereocenters. The zero-order valence-electron chi connectivity index (χ0n) is 8.58. The lowest BCUT2D eigenvalue weighted by Crippen LogP contribution is -2.24. The number of aldehydes is 1. The normalized spacial score (nSPS) is 13.7. The van der Waals surface area contributed by atoms with Crippen LogP contribution in [0, 0.1) is 0 Å². The van der Waals surface area contributed by atoms with E-state index < -0.39 is 0 Å². The Labute approximate surface area is 95.2 Å². The molecule has 0 fully saturated rings. The van der Waals surface area contributed by atoms with Gasteiger partial charge >= 0.3 is 0 Å². The van der Waals surface area contributed by atoms with E-state index in [1.54, 1.807) is 7.11 Å². The van der Waals surface area contributed by atoms with Crippen LogP contribution in [0.4, 0.5) is 0 Å². The van der Waals surface area contributed by atoms with Crippen LogP contribution in [0.25, 0.3) is 0 Å². The number of rotatable bonds is 2. The summed E-state index contributed by atoms with van der Waals surface area (Å²) in [6.45, 7) is 1.78. The van der Waals surface area contributed by atoms with E-state index >= 15 is 0 Å². The highest BCUT2D eigenvalue weighted by molar-refractivity contribution is 5.85. The topological polar surface area (TPSA) is 38.3 Å². The van der Waals surface area contributed by atoms with Gasteiger partial charge in [-0.25, -0.2) is 0 Å². The van der Waals surface area contributed by atoms with E-state index in [4.69, 9.17) is 4.74 Å². The number of nitrogens with one attached hydrogen (secondary N) is 1. The predicted octanol–water partition coefficient (Wildman–Crippen LogP) is 1.58. The summed E-state index contributed by atoms with van der Waals surface area (Å²) in [5.74, 6) is 0.681. The summed E-state index contributed by atoms with van der Waals surface area (Å²) in [6, 6.07) is 3.88. The third kappa shape index (κ3) is 2.13. The number of carbonyl (C=O) groups excluding carboxylic acids is 1. The molecule has 1 heterocycles. The van der Waals surface area contributed by atoms with Gasteiger partial charge in [0.1, 0.15) is 5.75 Å². The summed E-state index contributed by atoms with van der Waals surface area (Å²) in [6.07, 6.45) is 1.80. The highest BCUT2D eigenvalue weighted by Crippen LogP contribution is 2.25. The molecule has 0 amide bonds. The van der Waals surface area contributed by atoms with Gasteiger partial charge in [-0.15, -0.1) is 12.4 Å². The Kier molecular flexibility index (Phi) is 4.12. The largest absolute Gasteiger partial charge is 0.496 e. The molecule has 0 radical (unpaired) electrons. The number of ether oxygens (including phenoxy) is 1. The first-order valence-electron chi connectivity index (χ1n) is 4.71. The van der Waals surface area contributed by atoms with Gasteiger partial charge in [0.25, 0.3) is 0 Å². The molecule has 4 heteroatoms. The van der Waals surface area contributed by atoms with E-state index in [-0.39, 0.29) is 12.4 Å². The summed E-state index contributed by atoms with van der Waals surface area (Å²) in [7, 11) is 1.59. The van der Waals surface area contributed by atoms with Crippen LogP contribution in [0.5, 0.6) is 5.75 Å². The third-order valence-corrected chi connectivity index (χ3v) is 2.62. The van der Waals surface area contributed by atoms with Crippen LogP contribution < -0.4 is 10.1 Å². The monoisotopic (exact) mass is 227 g/mol. The maximum Gasteiger partial charge on any atom is 0.154 e. The second-order valence-corrected chi connectivity index (χ2v) is 3.36. The lowest BCUT2D eigenvalue weighted by molar-refractivity contribution is 0.111. The molecule has 0 spiro atoms. The molecule has 15 heavy (non-hydrogen) atoms. The van der Waals surface area contributed by atoms with E-state index in [0.29, 0.717) is 11.3 Å². The van der Waals surface area contributed by atoms with Crippen LogP contribution >= 0.6 is 12.4 Å². The van der Waals surface area contributed by atoms with Gasteiger partial charge in [0.15, 0.2) is 6.29 Å². The van der Waals surface area contributed by atoms with Crippen molar-refractivity contribution in [3.8, 4) is 5.75 Å². The molecular weight excluding hydrogens is 214 g/mol. The molecule has 0 saturated heterocycles. The average Bonchev–Trinajstić information content (AvgIpc) is 2.27. The van der Waals surface area contributed by atoms with Gasteiger partial charge in [-0.3, -0.25) is 4.79 Å². The second-order valence-electron chi connectivity index (χ2n) is 3.36. The Balaban J connectivity index is 0.00000112. The van der Waals surface area contributed by atoms with E-state index in [9.17, 15) is 4.79 Å². The van der Waals surface area contributed by atoms with E-state index in [0.717, 1.165) is 31.4 Å². The lowest BCUT2D eigenvalue weighted by atomic mass is 9.95. The van der Waals surface area contributed by atoms with Gasteiger partial charge < -0.3 is 10.1 Å². The highest BCUT2D eigenvalue weighted by atomic mass is 35.5. The molecule has 2 rings (SSSR count). The highest BCUT2D eigenvalue weighted by Gasteiger charge is 2.15. The minimum atomic E-state index is 0. The minimum Gasteiger partial charge on any atom is -0.496 e. The third-order valence-electron chi connectivity index (χ3n) is 2.62. The van der Waals surface area contributed by atoms with Crippen molar-refractivity contribution in [2.75, 3.05) is 13.7 Å². The molecular formula is C11H14ClNO2. The van der Waals surface area contributed by atoms with Gasteiger partial charge in [0, 0.05) is 6.54 Å². The first-order chi connectivity index (χ1) is 6.86. The molecule has 1 aromatic carbocycles. The van der Waals surface area contributed by atoms with Crippen molar-refractivity contribution in [1.82, 2.24) is 5.32 Å². The molecule has 0 aromatic heterocycles. The zero-order chi connectivity index (χ0) is 9.97. The molecule has 0 bridgehead atoms. The SMILES string of the molecule is COc1ccc2c(c1C=O)CCNC2.Cl. The number of hydrogen-bond donors (Lipinski definition) is 1. The number of hydrogen-bond acceptors (Lipinski definition) is 3. The Morgan fingerprint density at radius 1 is 1.47 bits per heavy atom. The van der Waals surface area contributed by atoms with Crippen LogP contribution in [0.3, 0.4) is 0 Å². The quantitative estimate of drug-likeness (QED) is 0.780. The first-order valence-corrected chi connectivity index (χ1v) is 4.71. The van der Waals surface area contributed by atoms with Gasteiger partial charge in [-0.1, -0.05) is 6.07 Å². The van der Waals surface area contributed by atoms with Crippen molar-refractivity contribution >= 4 is 18.7 Å². The summed E-state index contributed by atoms with van der Waals surface area (Å²) < 4.78 is 5.15. The second kappa shape index (κ2) is 5.14. The van der Waals surface area contributed by atoms with Crippen molar-refractivity contribution in [3.63, 3.8) is 0 Å². The fraction of sp³-hybridized carbons (Fsp3) is 0.364. The molecule has 3 nitrogen and oxygen atoms in total. The molecule has 1 aliphatic rings. The number of fused-ring (bicyclic) bond motifs is 1. The Morgan fingerprint density at radius 2 is 2.27 bits per heavy atom. The fourth-order valence-electron chi connectivity index (χ4n) is 1.89. The minimum absolute atomic E-state index is 0. The number of benzene rings is 1. The molecule has 1 N–H and O–H groups in total. The summed E-state index contributed by atoms with van der Waals surface area (Å²) in [5.41, 5.74) is 3.06. The van der Waals surface area contributed by atoms with Crippen LogP contribution in [-0.2, 0) is 13.0 Å². The van der Waals surface area contributed by atoms with Crippen molar-refractivity contribution in [1.29, 1.82) is 0 Å². The molecule has 0 aliphatic carbocycles. The van der Waals surface area contributed by atoms with Crippen LogP contribution in [-0.4, -0.2) is 19.9 Å². The standard InChI is InChI=1S/C11H13NO2.ClH/c1-14-11-3-2-8-6-12-5-4-9(8)10(11)7-13;/h2-3,7,12H,4-6H2,1H3;1H. The van der Waals surface area contributed by atoms with Crippen molar-refractivity contribution < 1.29 is 9.53 Å². The Hall–Kier alpha value is -1.06. The first kappa shape index (κ1) is 12.0. The molecule has 1 aromatic rings. The van der Waals surface area contributed by atoms with Gasteiger partial charge in [0.05, 0.1) is 12.7 Å². The smallest absolute Gasteiger partial charge is 0.154 e. The maximum absolute atomic E-state index is 11.0. The molecule has 0 saturated carbocycles. The average molecular weight is 228 g/mol. The molecule has 0 unspecified atom stereocenters. The van der Waals surface area contributed by atoms with Gasteiger partial charge in [-0.05, 0) is 30.2 Å². The van der Waals surface area contributed by atoms with Crippen LogP contribution in [0.1, 0.15) is 21.5 Å². The maximum atomic E-state index is 11.0. The predicted molar refractivity (Wildman–Crippen MR) is 61.0 cm³/mol. The number of carbonyl (C=O) groups is 1. The van der Waals surface area contributed by atoms with Crippen molar-refractivity contribution in [2.45, 2.75) is 13.0 Å². The van der Waals surface area contributed by atoms with Gasteiger partial charge in [0.2, 0.25) is 0 Å². The number of methoxy groups -OCH3 is 1. The Morgan fingerprint density at radius 3 is 2.93 bits per heavy atom. The van der Waals surface area contributed by atoms with E-state index in [2.05, 4.69) is 5.32 Å². The summed E-state index contributed by atoms with van der Waals surface area (Å²) in [4.78, 5) is 11.0. The summed E-state index contributed by atoms with van der Waals surface area (Å²) in [5, 5.41) is 3.27. The van der Waals surface area contributed by atoms with Crippen LogP contribution in [0.15, 0.2) is 12.1 Å². The molecule has 82 valence electrons. The van der Waals surface area contributed by atoms with Crippen molar-refractivity contribution in [2.24, 2.45) is 0 Å². The fourth-order valence-corrected chi connectivity index (χ4v) is 1.89. The van der Waals surface area contributed by atoms with E-state index in [1.165, 1.54) is 5.56 Å². The summed E-state index contributed by atoms with van der Waals surface area (Å²) >= 11 is 0. The zero-order valence-corrected chi connectivity index (χ0v) is 9.39. The Bertz CT molecular complexity index is 366. The van der Waals surface area contributed by atoms with Crippen LogP contribution in [0.2, 0.25) is 0 Å². The van der Waals surface area contributed by atoms with Gasteiger partial charge in [-0.2, -0.15) is 0 Å². The number of halogens is 1. The van der Waals surface area contributed by atoms with Crippen molar-refractivity contribution in [3.05, 3.63) is 28.8 Å².